The summed E-state index contributed by atoms with van der Waals surface area (Å²) in [5, 5.41) is 11.5. The molecular weight excluding hydrogens is 591 g/mol. The monoisotopic (exact) mass is 630 g/mol. The molecule has 240 valence electrons. The molecule has 0 saturated heterocycles. The quantitative estimate of drug-likeness (QED) is 0.157. The number of nitrogens with zero attached hydrogens (tertiary/aromatic N) is 8. The minimum Gasteiger partial charge on any atom is -0.345 e. The standard InChI is InChI=1S/C37H39FN8O/c1-5-17-45-19-26-18-28(32(23-11-12-23)39-35(26)42-45)36-40-33(34(44(36)4)24-13-14-24)27-7-6-8-31-29(27)20-46(41-31)21-30(38)22-9-15-25(16-10-22)37(47)43(2)3/h6-10,15-16,18-20,23-24,30H,5,11-14,17,21H2,1-4H3. The summed E-state index contributed by atoms with van der Waals surface area (Å²) in [6.45, 7) is 3.10. The van der Waals surface area contributed by atoms with E-state index in [9.17, 15) is 4.79 Å². The molecule has 2 fully saturated rings. The number of aromatic nitrogens is 7. The van der Waals surface area contributed by atoms with Crippen LogP contribution in [0.2, 0.25) is 0 Å². The van der Waals surface area contributed by atoms with Crippen molar-refractivity contribution < 1.29 is 9.18 Å². The van der Waals surface area contributed by atoms with E-state index in [0.29, 0.717) is 23.0 Å². The van der Waals surface area contributed by atoms with Gasteiger partial charge in [0.15, 0.2) is 5.65 Å². The molecule has 1 atom stereocenters. The Kier molecular flexibility index (Phi) is 7.19. The highest BCUT2D eigenvalue weighted by Gasteiger charge is 2.35. The van der Waals surface area contributed by atoms with E-state index >= 15 is 4.39 Å². The average molecular weight is 631 g/mol. The Bertz CT molecular complexity index is 2130. The zero-order chi connectivity index (χ0) is 32.4. The molecule has 6 aromatic rings. The molecule has 2 aliphatic rings. The van der Waals surface area contributed by atoms with Gasteiger partial charge in [-0.15, -0.1) is 0 Å². The number of hydrogen-bond acceptors (Lipinski definition) is 5. The largest absolute Gasteiger partial charge is 0.345 e. The minimum absolute atomic E-state index is 0.0696. The number of pyridine rings is 1. The van der Waals surface area contributed by atoms with Gasteiger partial charge in [-0.1, -0.05) is 31.2 Å². The number of benzene rings is 2. The van der Waals surface area contributed by atoms with Crippen molar-refractivity contribution in [3.8, 4) is 22.6 Å². The zero-order valence-corrected chi connectivity index (χ0v) is 27.3. The molecule has 0 N–H and O–H groups in total. The Labute approximate surface area is 273 Å². The van der Waals surface area contributed by atoms with Crippen molar-refractivity contribution in [2.45, 2.75) is 70.1 Å². The van der Waals surface area contributed by atoms with Crippen molar-refractivity contribution in [1.82, 2.24) is 39.0 Å². The molecule has 4 aromatic heterocycles. The summed E-state index contributed by atoms with van der Waals surface area (Å²) in [5.41, 5.74) is 8.07. The zero-order valence-electron chi connectivity index (χ0n) is 27.3. The molecule has 2 aliphatic carbocycles. The maximum atomic E-state index is 15.6. The Morgan fingerprint density at radius 1 is 0.957 bits per heavy atom. The van der Waals surface area contributed by atoms with E-state index in [4.69, 9.17) is 20.2 Å². The van der Waals surface area contributed by atoms with Crippen LogP contribution in [0.25, 0.3) is 44.6 Å². The molecule has 8 rings (SSSR count). The number of alkyl halides is 1. The van der Waals surface area contributed by atoms with Gasteiger partial charge < -0.3 is 9.47 Å². The number of halogens is 1. The molecule has 2 saturated carbocycles. The molecule has 4 heterocycles. The summed E-state index contributed by atoms with van der Waals surface area (Å²) >= 11 is 0. The molecule has 1 amide bonds. The molecule has 1 unspecified atom stereocenters. The van der Waals surface area contributed by atoms with Crippen molar-refractivity contribution >= 4 is 27.8 Å². The van der Waals surface area contributed by atoms with Crippen LogP contribution in [0.4, 0.5) is 4.39 Å². The van der Waals surface area contributed by atoms with Gasteiger partial charge >= 0.3 is 0 Å². The number of rotatable bonds is 10. The predicted octanol–water partition coefficient (Wildman–Crippen LogP) is 7.43. The van der Waals surface area contributed by atoms with Crippen molar-refractivity contribution in [3.63, 3.8) is 0 Å². The van der Waals surface area contributed by atoms with Crippen LogP contribution in [0.1, 0.15) is 84.3 Å². The van der Waals surface area contributed by atoms with Crippen LogP contribution in [0.3, 0.4) is 0 Å². The first kappa shape index (κ1) is 29.5. The van der Waals surface area contributed by atoms with Gasteiger partial charge in [0.25, 0.3) is 5.91 Å². The second-order valence-electron chi connectivity index (χ2n) is 13.4. The highest BCUT2D eigenvalue weighted by molar-refractivity contribution is 5.95. The van der Waals surface area contributed by atoms with Gasteiger partial charge in [0, 0.05) is 85.1 Å². The lowest BCUT2D eigenvalue weighted by molar-refractivity contribution is 0.0827. The lowest BCUT2D eigenvalue weighted by atomic mass is 10.0. The van der Waals surface area contributed by atoms with Gasteiger partial charge in [0.1, 0.15) is 12.0 Å². The van der Waals surface area contributed by atoms with Gasteiger partial charge in [0.05, 0.1) is 23.4 Å². The maximum absolute atomic E-state index is 15.6. The van der Waals surface area contributed by atoms with Crippen LogP contribution < -0.4 is 0 Å². The molecule has 0 spiro atoms. The minimum atomic E-state index is -1.27. The van der Waals surface area contributed by atoms with Crippen molar-refractivity contribution in [2.24, 2.45) is 7.05 Å². The maximum Gasteiger partial charge on any atom is 0.253 e. The van der Waals surface area contributed by atoms with E-state index in [0.717, 1.165) is 88.9 Å². The molecule has 0 bridgehead atoms. The SMILES string of the molecule is CCCn1cc2cc(-c3nc(-c4cccc5nn(CC(F)c6ccc(C(=O)N(C)C)cc6)cc45)c(C4CC4)n3C)c(C3CC3)nc2n1. The van der Waals surface area contributed by atoms with E-state index in [1.54, 1.807) is 43.0 Å². The van der Waals surface area contributed by atoms with Crippen LogP contribution in [0.5, 0.6) is 0 Å². The number of hydrogen-bond donors (Lipinski definition) is 0. The summed E-state index contributed by atoms with van der Waals surface area (Å²) < 4.78 is 21.5. The predicted molar refractivity (Wildman–Crippen MR) is 181 cm³/mol. The highest BCUT2D eigenvalue weighted by atomic mass is 19.1. The molecule has 0 radical (unpaired) electrons. The van der Waals surface area contributed by atoms with Crippen molar-refractivity contribution in [1.29, 1.82) is 0 Å². The Morgan fingerprint density at radius 2 is 1.72 bits per heavy atom. The van der Waals surface area contributed by atoms with Crippen LogP contribution in [-0.2, 0) is 20.1 Å². The first-order valence-corrected chi connectivity index (χ1v) is 16.7. The van der Waals surface area contributed by atoms with Crippen LogP contribution >= 0.6 is 0 Å². The van der Waals surface area contributed by atoms with Crippen LogP contribution in [0, 0.1) is 0 Å². The van der Waals surface area contributed by atoms with Gasteiger partial charge in [0.2, 0.25) is 0 Å². The number of amides is 1. The Balaban J connectivity index is 1.16. The molecular formula is C37H39FN8O. The van der Waals surface area contributed by atoms with E-state index < -0.39 is 6.17 Å². The van der Waals surface area contributed by atoms with E-state index in [2.05, 4.69) is 36.9 Å². The number of carbonyl (C=O) groups excluding carboxylic acids is 1. The average Bonchev–Trinajstić information content (AvgIpc) is 3.98. The first-order chi connectivity index (χ1) is 22.8. The first-order valence-electron chi connectivity index (χ1n) is 16.7. The summed E-state index contributed by atoms with van der Waals surface area (Å²) in [6.07, 6.45) is 8.34. The third kappa shape index (κ3) is 5.39. The number of aryl methyl sites for hydroxylation is 1. The van der Waals surface area contributed by atoms with E-state index in [-0.39, 0.29) is 12.5 Å². The lowest BCUT2D eigenvalue weighted by Crippen LogP contribution is -2.21. The van der Waals surface area contributed by atoms with Crippen LogP contribution in [-0.4, -0.2) is 59.0 Å². The van der Waals surface area contributed by atoms with Crippen molar-refractivity contribution in [2.75, 3.05) is 14.1 Å². The topological polar surface area (TPSA) is 86.7 Å². The lowest BCUT2D eigenvalue weighted by Gasteiger charge is -2.12. The Morgan fingerprint density at radius 3 is 2.43 bits per heavy atom. The number of fused-ring (bicyclic) bond motifs is 2. The van der Waals surface area contributed by atoms with Crippen LogP contribution in [0.15, 0.2) is 60.9 Å². The molecule has 10 heteroatoms. The fourth-order valence-electron chi connectivity index (χ4n) is 6.74. The van der Waals surface area contributed by atoms with Gasteiger partial charge in [-0.2, -0.15) is 10.2 Å². The normalized spacial score (nSPS) is 15.5. The summed E-state index contributed by atoms with van der Waals surface area (Å²) in [5.74, 6) is 1.72. The molecule has 0 aliphatic heterocycles. The van der Waals surface area contributed by atoms with Gasteiger partial charge in [-0.25, -0.2) is 14.4 Å². The van der Waals surface area contributed by atoms with E-state index in [1.807, 2.05) is 23.0 Å². The Hall–Kier alpha value is -4.86. The fourth-order valence-corrected chi connectivity index (χ4v) is 6.74. The molecule has 47 heavy (non-hydrogen) atoms. The van der Waals surface area contributed by atoms with Gasteiger partial charge in [-0.3, -0.25) is 14.2 Å². The summed E-state index contributed by atoms with van der Waals surface area (Å²) in [6, 6.07) is 15.1. The van der Waals surface area contributed by atoms with Crippen molar-refractivity contribution in [3.05, 3.63) is 83.4 Å². The third-order valence-corrected chi connectivity index (χ3v) is 9.46. The molecule has 9 nitrogen and oxygen atoms in total. The van der Waals surface area contributed by atoms with Gasteiger partial charge in [-0.05, 0) is 61.9 Å². The third-order valence-electron chi connectivity index (χ3n) is 9.46. The highest BCUT2D eigenvalue weighted by Crippen LogP contribution is 2.49. The number of carbonyl (C=O) groups is 1. The number of imidazole rings is 1. The van der Waals surface area contributed by atoms with E-state index in [1.165, 1.54) is 10.6 Å². The smallest absolute Gasteiger partial charge is 0.253 e. The summed E-state index contributed by atoms with van der Waals surface area (Å²) in [4.78, 5) is 24.3. The second kappa shape index (κ2) is 11.4. The fraction of sp³-hybridized carbons (Fsp3) is 0.378. The summed E-state index contributed by atoms with van der Waals surface area (Å²) in [7, 11) is 5.54. The molecule has 2 aromatic carbocycles. The second-order valence-corrected chi connectivity index (χ2v) is 13.4.